The summed E-state index contributed by atoms with van der Waals surface area (Å²) in [4.78, 5) is 0. The molecule has 1 unspecified atom stereocenters. The second kappa shape index (κ2) is 7.49. The summed E-state index contributed by atoms with van der Waals surface area (Å²) in [7, 11) is 0. The molecule has 0 aromatic heterocycles. The van der Waals surface area contributed by atoms with Crippen LogP contribution in [0.3, 0.4) is 0 Å². The smallest absolute Gasteiger partial charge is 0.00648 e. The van der Waals surface area contributed by atoms with Crippen LogP contribution in [0.1, 0.15) is 44.2 Å². The van der Waals surface area contributed by atoms with Crippen molar-refractivity contribution in [3.63, 3.8) is 0 Å². The molecule has 0 heterocycles. The Morgan fingerprint density at radius 1 is 0.875 bits per heavy atom. The first kappa shape index (κ1) is 16.5. The predicted octanol–water partition coefficient (Wildman–Crippen LogP) is 6.92. The van der Waals surface area contributed by atoms with Crippen LogP contribution in [0.5, 0.6) is 0 Å². The van der Waals surface area contributed by atoms with E-state index in [-0.39, 0.29) is 0 Å². The molecule has 0 aliphatic heterocycles. The van der Waals surface area contributed by atoms with Crippen molar-refractivity contribution in [3.05, 3.63) is 95.6 Å². The van der Waals surface area contributed by atoms with Crippen molar-refractivity contribution in [2.24, 2.45) is 5.92 Å². The van der Waals surface area contributed by atoms with Gasteiger partial charge in [-0.25, -0.2) is 0 Å². The SMILES string of the molecule is C=CC1CC(CC)=C(CC)C(c2ccccc2)=C1c1ccccc1. The van der Waals surface area contributed by atoms with E-state index in [2.05, 4.69) is 87.2 Å². The van der Waals surface area contributed by atoms with Crippen LogP contribution in [0.4, 0.5) is 0 Å². The lowest BCUT2D eigenvalue weighted by Crippen LogP contribution is -2.13. The summed E-state index contributed by atoms with van der Waals surface area (Å²) in [5.41, 5.74) is 8.62. The van der Waals surface area contributed by atoms with Gasteiger partial charge in [0.25, 0.3) is 0 Å². The van der Waals surface area contributed by atoms with Gasteiger partial charge in [0.15, 0.2) is 0 Å². The highest BCUT2D eigenvalue weighted by Gasteiger charge is 2.27. The summed E-state index contributed by atoms with van der Waals surface area (Å²) in [5.74, 6) is 0.382. The van der Waals surface area contributed by atoms with Gasteiger partial charge in [0.05, 0.1) is 0 Å². The van der Waals surface area contributed by atoms with Crippen LogP contribution < -0.4 is 0 Å². The molecule has 1 aliphatic carbocycles. The normalized spacial score (nSPS) is 18.0. The molecule has 1 atom stereocenters. The third kappa shape index (κ3) is 3.01. The van der Waals surface area contributed by atoms with E-state index in [0.29, 0.717) is 5.92 Å². The van der Waals surface area contributed by atoms with Gasteiger partial charge in [-0.2, -0.15) is 0 Å². The van der Waals surface area contributed by atoms with Crippen molar-refractivity contribution < 1.29 is 0 Å². The molecule has 0 spiro atoms. The molecule has 2 aromatic carbocycles. The van der Waals surface area contributed by atoms with Crippen LogP contribution >= 0.6 is 0 Å². The summed E-state index contributed by atoms with van der Waals surface area (Å²) in [6, 6.07) is 21.7. The van der Waals surface area contributed by atoms with Crippen molar-refractivity contribution in [2.75, 3.05) is 0 Å². The molecule has 122 valence electrons. The quantitative estimate of drug-likeness (QED) is 0.525. The highest BCUT2D eigenvalue weighted by atomic mass is 14.3. The minimum atomic E-state index is 0.382. The van der Waals surface area contributed by atoms with Gasteiger partial charge in [0.2, 0.25) is 0 Å². The van der Waals surface area contributed by atoms with Gasteiger partial charge < -0.3 is 0 Å². The summed E-state index contributed by atoms with van der Waals surface area (Å²) in [5, 5.41) is 0. The summed E-state index contributed by atoms with van der Waals surface area (Å²) >= 11 is 0. The van der Waals surface area contributed by atoms with E-state index < -0.39 is 0 Å². The van der Waals surface area contributed by atoms with Crippen molar-refractivity contribution in [3.8, 4) is 0 Å². The Balaban J connectivity index is 2.34. The van der Waals surface area contributed by atoms with E-state index >= 15 is 0 Å². The van der Waals surface area contributed by atoms with Crippen LogP contribution in [-0.2, 0) is 0 Å². The molecule has 24 heavy (non-hydrogen) atoms. The van der Waals surface area contributed by atoms with Crippen LogP contribution in [0.15, 0.2) is 84.5 Å². The van der Waals surface area contributed by atoms with E-state index in [1.165, 1.54) is 27.8 Å². The highest BCUT2D eigenvalue weighted by Crippen LogP contribution is 2.46. The van der Waals surface area contributed by atoms with Gasteiger partial charge in [-0.05, 0) is 47.1 Å². The standard InChI is InChI=1S/C24H26/c1-4-18-17-19(5-2)23(20-13-9-7-10-14-20)24(22(18)6-3)21-15-11-8-12-16-21/h5,7-16,19H,2,4,6,17H2,1,3H3. The molecule has 0 bridgehead atoms. The van der Waals surface area contributed by atoms with E-state index in [1.54, 1.807) is 5.57 Å². The molecule has 0 amide bonds. The third-order valence-electron chi connectivity index (χ3n) is 5.05. The van der Waals surface area contributed by atoms with Gasteiger partial charge in [0.1, 0.15) is 0 Å². The Bertz CT molecular complexity index is 760. The Morgan fingerprint density at radius 2 is 1.46 bits per heavy atom. The fourth-order valence-corrected chi connectivity index (χ4v) is 3.91. The predicted molar refractivity (Wildman–Crippen MR) is 106 cm³/mol. The largest absolute Gasteiger partial charge is 0.102 e. The molecule has 2 aromatic rings. The highest BCUT2D eigenvalue weighted by molar-refractivity contribution is 6.01. The molecule has 3 rings (SSSR count). The second-order valence-electron chi connectivity index (χ2n) is 6.36. The van der Waals surface area contributed by atoms with Gasteiger partial charge >= 0.3 is 0 Å². The van der Waals surface area contributed by atoms with E-state index in [0.717, 1.165) is 19.3 Å². The van der Waals surface area contributed by atoms with Crippen molar-refractivity contribution in [1.82, 2.24) is 0 Å². The van der Waals surface area contributed by atoms with Crippen LogP contribution in [0, 0.1) is 5.92 Å². The zero-order chi connectivity index (χ0) is 16.9. The molecular formula is C24H26. The first-order valence-electron chi connectivity index (χ1n) is 8.98. The minimum absolute atomic E-state index is 0.382. The first-order valence-corrected chi connectivity index (χ1v) is 8.98. The minimum Gasteiger partial charge on any atom is -0.102 e. The molecule has 0 heteroatoms. The number of hydrogen-bond donors (Lipinski definition) is 0. The van der Waals surface area contributed by atoms with Gasteiger partial charge in [-0.1, -0.05) is 86.2 Å². The zero-order valence-corrected chi connectivity index (χ0v) is 14.8. The number of hydrogen-bond acceptors (Lipinski definition) is 0. The van der Waals surface area contributed by atoms with Crippen molar-refractivity contribution >= 4 is 11.1 Å². The van der Waals surface area contributed by atoms with E-state index in [4.69, 9.17) is 0 Å². The number of benzene rings is 2. The maximum atomic E-state index is 4.15. The molecule has 0 N–H and O–H groups in total. The van der Waals surface area contributed by atoms with Gasteiger partial charge in [-0.15, -0.1) is 6.58 Å². The lowest BCUT2D eigenvalue weighted by atomic mass is 9.72. The van der Waals surface area contributed by atoms with E-state index in [9.17, 15) is 0 Å². The third-order valence-corrected chi connectivity index (χ3v) is 5.05. The maximum absolute atomic E-state index is 4.15. The van der Waals surface area contributed by atoms with Crippen LogP contribution in [0.25, 0.3) is 11.1 Å². The number of allylic oxidation sites excluding steroid dienone is 5. The Morgan fingerprint density at radius 3 is 1.96 bits per heavy atom. The summed E-state index contributed by atoms with van der Waals surface area (Å²) < 4.78 is 0. The van der Waals surface area contributed by atoms with Crippen LogP contribution in [-0.4, -0.2) is 0 Å². The molecule has 0 saturated carbocycles. The molecule has 1 aliphatic rings. The average Bonchev–Trinajstić information content (AvgIpc) is 2.67. The molecular weight excluding hydrogens is 288 g/mol. The molecule has 0 saturated heterocycles. The summed E-state index contributed by atoms with van der Waals surface area (Å²) in [6.45, 7) is 8.71. The average molecular weight is 314 g/mol. The lowest BCUT2D eigenvalue weighted by Gasteiger charge is -2.31. The fraction of sp³-hybridized carbons (Fsp3) is 0.250. The summed E-state index contributed by atoms with van der Waals surface area (Å²) in [6.07, 6.45) is 5.43. The molecule has 0 fully saturated rings. The zero-order valence-electron chi connectivity index (χ0n) is 14.8. The van der Waals surface area contributed by atoms with Crippen LogP contribution in [0.2, 0.25) is 0 Å². The van der Waals surface area contributed by atoms with Gasteiger partial charge in [-0.3, -0.25) is 0 Å². The van der Waals surface area contributed by atoms with Crippen molar-refractivity contribution in [1.29, 1.82) is 0 Å². The topological polar surface area (TPSA) is 0 Å². The Labute approximate surface area is 146 Å². The van der Waals surface area contributed by atoms with E-state index in [1.807, 2.05) is 0 Å². The number of rotatable bonds is 5. The fourth-order valence-electron chi connectivity index (χ4n) is 3.91. The monoisotopic (exact) mass is 314 g/mol. The van der Waals surface area contributed by atoms with Crippen molar-refractivity contribution in [2.45, 2.75) is 33.1 Å². The maximum Gasteiger partial charge on any atom is 0.00648 e. The second-order valence-corrected chi connectivity index (χ2v) is 6.36. The van der Waals surface area contributed by atoms with Gasteiger partial charge in [0, 0.05) is 5.92 Å². The Hall–Kier alpha value is -2.34. The lowest BCUT2D eigenvalue weighted by molar-refractivity contribution is 0.759. The molecule has 0 radical (unpaired) electrons. The Kier molecular flexibility index (Phi) is 5.15. The first-order chi connectivity index (χ1) is 11.8. The molecule has 0 nitrogen and oxygen atoms in total.